The van der Waals surface area contributed by atoms with Crippen LogP contribution < -0.4 is 4.74 Å². The van der Waals surface area contributed by atoms with E-state index in [1.165, 1.54) is 0 Å². The van der Waals surface area contributed by atoms with E-state index < -0.39 is 0 Å². The van der Waals surface area contributed by atoms with E-state index in [0.717, 1.165) is 20.6 Å². The fourth-order valence-corrected chi connectivity index (χ4v) is 2.24. The van der Waals surface area contributed by atoms with Gasteiger partial charge in [0.15, 0.2) is 0 Å². The van der Waals surface area contributed by atoms with E-state index in [9.17, 15) is 5.11 Å². The van der Waals surface area contributed by atoms with Crippen LogP contribution in [0.1, 0.15) is 16.7 Å². The number of pyridine rings is 1. The minimum Gasteiger partial charge on any atom is -0.439 e. The molecule has 1 aromatic heterocycles. The number of benzene rings is 1. The summed E-state index contributed by atoms with van der Waals surface area (Å²) >= 11 is 9.42. The predicted molar refractivity (Wildman–Crippen MR) is 78.9 cm³/mol. The monoisotopic (exact) mass is 341 g/mol. The summed E-state index contributed by atoms with van der Waals surface area (Å²) in [6.45, 7) is 3.71. The molecular formula is C14H13BrClNO2. The number of hydrogen-bond acceptors (Lipinski definition) is 3. The van der Waals surface area contributed by atoms with Crippen LogP contribution in [0.15, 0.2) is 28.9 Å². The molecule has 19 heavy (non-hydrogen) atoms. The van der Waals surface area contributed by atoms with Gasteiger partial charge in [0.1, 0.15) is 5.75 Å². The molecule has 100 valence electrons. The van der Waals surface area contributed by atoms with E-state index in [0.29, 0.717) is 17.2 Å². The van der Waals surface area contributed by atoms with Gasteiger partial charge < -0.3 is 9.84 Å². The molecule has 2 rings (SSSR count). The highest BCUT2D eigenvalue weighted by atomic mass is 79.9. The summed E-state index contributed by atoms with van der Waals surface area (Å²) in [6.07, 6.45) is 1.63. The third-order valence-corrected chi connectivity index (χ3v) is 3.72. The van der Waals surface area contributed by atoms with Crippen LogP contribution >= 0.6 is 27.5 Å². The normalized spacial score (nSPS) is 10.6. The molecule has 0 radical (unpaired) electrons. The third kappa shape index (κ3) is 3.26. The molecule has 1 N–H and O–H groups in total. The average molecular weight is 343 g/mol. The molecule has 0 aliphatic rings. The number of ether oxygens (including phenoxy) is 1. The molecule has 0 unspecified atom stereocenters. The zero-order valence-corrected chi connectivity index (χ0v) is 12.9. The molecule has 0 bridgehead atoms. The minimum absolute atomic E-state index is 0.132. The molecular weight excluding hydrogens is 330 g/mol. The lowest BCUT2D eigenvalue weighted by Crippen LogP contribution is -1.96. The van der Waals surface area contributed by atoms with E-state index in [2.05, 4.69) is 20.9 Å². The van der Waals surface area contributed by atoms with Crippen LogP contribution in [0.2, 0.25) is 5.02 Å². The van der Waals surface area contributed by atoms with Crippen molar-refractivity contribution in [1.29, 1.82) is 0 Å². The van der Waals surface area contributed by atoms with E-state index in [1.807, 2.05) is 26.0 Å². The Bertz CT molecular complexity index is 593. The highest BCUT2D eigenvalue weighted by Gasteiger charge is 2.09. The molecule has 0 saturated carbocycles. The Labute approximate surface area is 125 Å². The SMILES string of the molecule is Cc1cc(Oc2ncc(Br)cc2CO)cc(C)c1Cl. The largest absolute Gasteiger partial charge is 0.439 e. The highest BCUT2D eigenvalue weighted by molar-refractivity contribution is 9.10. The second-order valence-corrected chi connectivity index (χ2v) is 5.54. The van der Waals surface area contributed by atoms with Crippen LogP contribution in [-0.4, -0.2) is 10.1 Å². The first-order valence-corrected chi connectivity index (χ1v) is 6.88. The Morgan fingerprint density at radius 1 is 1.26 bits per heavy atom. The van der Waals surface area contributed by atoms with Gasteiger partial charge in [-0.05, 0) is 59.1 Å². The van der Waals surface area contributed by atoms with Crippen molar-refractivity contribution >= 4 is 27.5 Å². The van der Waals surface area contributed by atoms with Crippen molar-refractivity contribution in [3.05, 3.63) is 50.6 Å². The van der Waals surface area contributed by atoms with Crippen LogP contribution in [0.25, 0.3) is 0 Å². The van der Waals surface area contributed by atoms with Crippen molar-refractivity contribution in [3.8, 4) is 11.6 Å². The standard InChI is InChI=1S/C14H13BrClNO2/c1-8-3-12(4-9(2)13(8)16)19-14-10(7-18)5-11(15)6-17-14/h3-6,18H,7H2,1-2H3. The number of rotatable bonds is 3. The Balaban J connectivity index is 2.36. The van der Waals surface area contributed by atoms with Gasteiger partial charge in [0.25, 0.3) is 0 Å². The van der Waals surface area contributed by atoms with Gasteiger partial charge in [-0.15, -0.1) is 0 Å². The van der Waals surface area contributed by atoms with Crippen LogP contribution in [0.5, 0.6) is 11.6 Å². The molecule has 0 amide bonds. The first-order valence-electron chi connectivity index (χ1n) is 5.71. The van der Waals surface area contributed by atoms with Crippen LogP contribution in [0.3, 0.4) is 0 Å². The quantitative estimate of drug-likeness (QED) is 0.899. The number of hydrogen-bond donors (Lipinski definition) is 1. The lowest BCUT2D eigenvalue weighted by Gasteiger charge is -2.11. The number of aryl methyl sites for hydroxylation is 2. The Morgan fingerprint density at radius 3 is 2.47 bits per heavy atom. The van der Waals surface area contributed by atoms with Gasteiger partial charge in [0, 0.05) is 21.3 Å². The fraction of sp³-hybridized carbons (Fsp3) is 0.214. The van der Waals surface area contributed by atoms with Crippen LogP contribution in [-0.2, 0) is 6.61 Å². The van der Waals surface area contributed by atoms with Gasteiger partial charge in [-0.1, -0.05) is 11.6 Å². The maximum Gasteiger partial charge on any atom is 0.224 e. The van der Waals surface area contributed by atoms with E-state index in [-0.39, 0.29) is 6.61 Å². The van der Waals surface area contributed by atoms with E-state index in [1.54, 1.807) is 12.3 Å². The number of aromatic nitrogens is 1. The molecule has 0 atom stereocenters. The van der Waals surface area contributed by atoms with Gasteiger partial charge in [0.2, 0.25) is 5.88 Å². The lowest BCUT2D eigenvalue weighted by atomic mass is 10.1. The first kappa shape index (κ1) is 14.3. The lowest BCUT2D eigenvalue weighted by molar-refractivity contribution is 0.275. The number of aliphatic hydroxyl groups is 1. The molecule has 0 aliphatic carbocycles. The molecule has 5 heteroatoms. The van der Waals surface area contributed by atoms with Crippen molar-refractivity contribution in [2.75, 3.05) is 0 Å². The minimum atomic E-state index is -0.132. The smallest absolute Gasteiger partial charge is 0.224 e. The Morgan fingerprint density at radius 2 is 1.89 bits per heavy atom. The maximum absolute atomic E-state index is 9.31. The van der Waals surface area contributed by atoms with Crippen molar-refractivity contribution in [3.63, 3.8) is 0 Å². The van der Waals surface area contributed by atoms with Gasteiger partial charge in [-0.25, -0.2) is 4.98 Å². The zero-order valence-electron chi connectivity index (χ0n) is 10.6. The summed E-state index contributed by atoms with van der Waals surface area (Å²) < 4.78 is 6.52. The van der Waals surface area contributed by atoms with Crippen LogP contribution in [0, 0.1) is 13.8 Å². The molecule has 1 heterocycles. The van der Waals surface area contributed by atoms with Crippen molar-refractivity contribution in [2.24, 2.45) is 0 Å². The Hall–Kier alpha value is -1.10. The zero-order chi connectivity index (χ0) is 14.0. The average Bonchev–Trinajstić information content (AvgIpc) is 2.38. The molecule has 0 spiro atoms. The van der Waals surface area contributed by atoms with E-state index >= 15 is 0 Å². The van der Waals surface area contributed by atoms with Crippen molar-refractivity contribution in [1.82, 2.24) is 4.98 Å². The molecule has 2 aromatic rings. The number of aliphatic hydroxyl groups excluding tert-OH is 1. The molecule has 1 aromatic carbocycles. The van der Waals surface area contributed by atoms with Gasteiger partial charge in [-0.3, -0.25) is 0 Å². The van der Waals surface area contributed by atoms with Crippen LogP contribution in [0.4, 0.5) is 0 Å². The maximum atomic E-state index is 9.31. The fourth-order valence-electron chi connectivity index (χ4n) is 1.75. The Kier molecular flexibility index (Phi) is 4.45. The van der Waals surface area contributed by atoms with Gasteiger partial charge in [0.05, 0.1) is 6.61 Å². The van der Waals surface area contributed by atoms with Gasteiger partial charge >= 0.3 is 0 Å². The molecule has 0 aliphatic heterocycles. The summed E-state index contributed by atoms with van der Waals surface area (Å²) in [7, 11) is 0. The summed E-state index contributed by atoms with van der Waals surface area (Å²) in [5.74, 6) is 1.05. The third-order valence-electron chi connectivity index (χ3n) is 2.69. The van der Waals surface area contributed by atoms with Crippen molar-refractivity contribution in [2.45, 2.75) is 20.5 Å². The van der Waals surface area contributed by atoms with Crippen molar-refractivity contribution < 1.29 is 9.84 Å². The highest BCUT2D eigenvalue weighted by Crippen LogP contribution is 2.30. The van der Waals surface area contributed by atoms with Gasteiger partial charge in [-0.2, -0.15) is 0 Å². The second kappa shape index (κ2) is 5.90. The molecule has 0 saturated heterocycles. The topological polar surface area (TPSA) is 42.4 Å². The summed E-state index contributed by atoms with van der Waals surface area (Å²) in [5, 5.41) is 10.0. The molecule has 3 nitrogen and oxygen atoms in total. The predicted octanol–water partition coefficient (Wildman–Crippen LogP) is 4.40. The summed E-state index contributed by atoms with van der Waals surface area (Å²) in [4.78, 5) is 4.16. The summed E-state index contributed by atoms with van der Waals surface area (Å²) in [5.41, 5.74) is 2.51. The first-order chi connectivity index (χ1) is 9.01. The molecule has 0 fully saturated rings. The van der Waals surface area contributed by atoms with E-state index in [4.69, 9.17) is 16.3 Å². The summed E-state index contributed by atoms with van der Waals surface area (Å²) in [6, 6.07) is 5.47. The number of halogens is 2. The number of nitrogens with zero attached hydrogens (tertiary/aromatic N) is 1. The second-order valence-electron chi connectivity index (χ2n) is 4.25.